The average molecular weight is 569 g/mol. The summed E-state index contributed by atoms with van der Waals surface area (Å²) >= 11 is 0. The first kappa shape index (κ1) is 32.4. The van der Waals surface area contributed by atoms with E-state index in [1.54, 1.807) is 54.6 Å². The van der Waals surface area contributed by atoms with Crippen LogP contribution in [0.1, 0.15) is 36.8 Å². The second kappa shape index (κ2) is 16.4. The number of amides is 5. The predicted octanol–water partition coefficient (Wildman–Crippen LogP) is -1.13. The third kappa shape index (κ3) is 11.9. The molecule has 4 unspecified atom stereocenters. The maximum atomic E-state index is 13.2. The minimum atomic E-state index is -1.38. The Labute approximate surface area is 237 Å². The highest BCUT2D eigenvalue weighted by atomic mass is 16.4. The Bertz CT molecular complexity index is 1210. The Hall–Kier alpha value is -4.78. The quantitative estimate of drug-likeness (QED) is 0.123. The van der Waals surface area contributed by atoms with Crippen molar-refractivity contribution < 1.29 is 33.9 Å². The molecule has 0 bridgehead atoms. The van der Waals surface area contributed by atoms with E-state index in [0.29, 0.717) is 5.56 Å². The molecule has 41 heavy (non-hydrogen) atoms. The summed E-state index contributed by atoms with van der Waals surface area (Å²) in [6.07, 6.45) is -0.847. The standard InChI is InChI=1S/C28H36N6O7/c29-19(15-17-7-3-1-4-8-17)25(37)32-20(11-13-23(30)35)26(38)33-21(12-14-24(31)36)27(39)34-22(28(40)41)16-18-9-5-2-6-10-18/h1-10,19-22H,11-16,29H2,(H2,30,35)(H2,31,36)(H,32,37)(H,33,38)(H,34,39)(H,40,41). The van der Waals surface area contributed by atoms with Crippen LogP contribution in [0.4, 0.5) is 0 Å². The van der Waals surface area contributed by atoms with Gasteiger partial charge >= 0.3 is 5.97 Å². The molecule has 0 aliphatic carbocycles. The molecule has 0 fully saturated rings. The van der Waals surface area contributed by atoms with E-state index in [0.717, 1.165) is 5.56 Å². The van der Waals surface area contributed by atoms with Gasteiger partial charge in [-0.15, -0.1) is 0 Å². The molecule has 2 aromatic rings. The summed E-state index contributed by atoms with van der Waals surface area (Å²) in [7, 11) is 0. The van der Waals surface area contributed by atoms with Crippen LogP contribution < -0.4 is 33.2 Å². The largest absolute Gasteiger partial charge is 0.480 e. The molecule has 0 spiro atoms. The third-order valence-electron chi connectivity index (χ3n) is 6.16. The lowest BCUT2D eigenvalue weighted by Gasteiger charge is -2.25. The van der Waals surface area contributed by atoms with Crippen molar-refractivity contribution in [2.45, 2.75) is 62.7 Å². The zero-order valence-electron chi connectivity index (χ0n) is 22.5. The SMILES string of the molecule is NC(=O)CCC(NC(=O)C(N)Cc1ccccc1)C(=O)NC(CCC(N)=O)C(=O)NC(Cc1ccccc1)C(=O)O. The summed E-state index contributed by atoms with van der Waals surface area (Å²) in [5, 5.41) is 17.0. The number of carbonyl (C=O) groups excluding carboxylic acids is 5. The van der Waals surface area contributed by atoms with Crippen LogP contribution in [0.3, 0.4) is 0 Å². The lowest BCUT2D eigenvalue weighted by molar-refractivity contribution is -0.142. The molecule has 0 radical (unpaired) electrons. The van der Waals surface area contributed by atoms with Crippen LogP contribution in [-0.4, -0.2) is 64.8 Å². The van der Waals surface area contributed by atoms with Gasteiger partial charge in [0.1, 0.15) is 18.1 Å². The Morgan fingerprint density at radius 3 is 1.41 bits per heavy atom. The fraction of sp³-hybridized carbons (Fsp3) is 0.357. The minimum Gasteiger partial charge on any atom is -0.480 e. The molecule has 0 heterocycles. The first-order valence-electron chi connectivity index (χ1n) is 13.0. The molecular formula is C28H36N6O7. The highest BCUT2D eigenvalue weighted by molar-refractivity contribution is 5.94. The van der Waals surface area contributed by atoms with E-state index < -0.39 is 59.7 Å². The molecule has 10 N–H and O–H groups in total. The molecule has 0 saturated heterocycles. The fourth-order valence-electron chi connectivity index (χ4n) is 3.94. The zero-order valence-corrected chi connectivity index (χ0v) is 22.5. The molecule has 13 nitrogen and oxygen atoms in total. The summed E-state index contributed by atoms with van der Waals surface area (Å²) < 4.78 is 0. The van der Waals surface area contributed by atoms with Gasteiger partial charge in [-0.25, -0.2) is 4.79 Å². The maximum Gasteiger partial charge on any atom is 0.326 e. The van der Waals surface area contributed by atoms with Crippen LogP contribution in [0, 0.1) is 0 Å². The Kier molecular flexibility index (Phi) is 12.9. The fourth-order valence-corrected chi connectivity index (χ4v) is 3.94. The Morgan fingerprint density at radius 1 is 0.610 bits per heavy atom. The Morgan fingerprint density at radius 2 is 1.00 bits per heavy atom. The zero-order chi connectivity index (χ0) is 30.4. The summed E-state index contributed by atoms with van der Waals surface area (Å²) in [6, 6.07) is 12.5. The number of carbonyl (C=O) groups is 6. The van der Waals surface area contributed by atoms with Gasteiger partial charge in [-0.3, -0.25) is 24.0 Å². The van der Waals surface area contributed by atoms with Crippen molar-refractivity contribution in [3.63, 3.8) is 0 Å². The number of aliphatic carboxylic acids is 1. The van der Waals surface area contributed by atoms with E-state index in [4.69, 9.17) is 17.2 Å². The van der Waals surface area contributed by atoms with Crippen LogP contribution in [0.2, 0.25) is 0 Å². The van der Waals surface area contributed by atoms with Crippen molar-refractivity contribution in [2.24, 2.45) is 17.2 Å². The summed E-state index contributed by atoms with van der Waals surface area (Å²) in [6.45, 7) is 0. The van der Waals surface area contributed by atoms with Gasteiger partial charge in [-0.2, -0.15) is 0 Å². The molecule has 4 atom stereocenters. The molecule has 2 aromatic carbocycles. The van der Waals surface area contributed by atoms with Crippen molar-refractivity contribution in [3.05, 3.63) is 71.8 Å². The normalized spacial score (nSPS) is 13.6. The van der Waals surface area contributed by atoms with E-state index in [9.17, 15) is 33.9 Å². The van der Waals surface area contributed by atoms with E-state index in [1.165, 1.54) is 0 Å². The van der Waals surface area contributed by atoms with Crippen molar-refractivity contribution in [2.75, 3.05) is 0 Å². The van der Waals surface area contributed by atoms with Crippen molar-refractivity contribution >= 4 is 35.5 Å². The third-order valence-corrected chi connectivity index (χ3v) is 6.16. The highest BCUT2D eigenvalue weighted by Crippen LogP contribution is 2.08. The molecule has 0 aliphatic rings. The second-order valence-electron chi connectivity index (χ2n) is 9.52. The van der Waals surface area contributed by atoms with Crippen LogP contribution >= 0.6 is 0 Å². The molecule has 0 aliphatic heterocycles. The molecule has 5 amide bonds. The van der Waals surface area contributed by atoms with Gasteiger partial charge in [-0.1, -0.05) is 60.7 Å². The molecular weight excluding hydrogens is 532 g/mol. The number of primary amides is 2. The van der Waals surface area contributed by atoms with Crippen LogP contribution in [-0.2, 0) is 41.6 Å². The average Bonchev–Trinajstić information content (AvgIpc) is 2.93. The van der Waals surface area contributed by atoms with Gasteiger partial charge in [0, 0.05) is 19.3 Å². The number of carboxylic acids is 1. The van der Waals surface area contributed by atoms with Crippen molar-refractivity contribution in [1.29, 1.82) is 0 Å². The number of hydrogen-bond donors (Lipinski definition) is 7. The van der Waals surface area contributed by atoms with Gasteiger partial charge in [0.2, 0.25) is 29.5 Å². The first-order valence-corrected chi connectivity index (χ1v) is 13.0. The summed E-state index contributed by atoms with van der Waals surface area (Å²) in [4.78, 5) is 73.8. The summed E-state index contributed by atoms with van der Waals surface area (Å²) in [5.41, 5.74) is 17.9. The number of rotatable bonds is 17. The molecule has 0 aromatic heterocycles. The molecule has 13 heteroatoms. The molecule has 220 valence electrons. The number of benzene rings is 2. The number of hydrogen-bond acceptors (Lipinski definition) is 7. The number of nitrogens with one attached hydrogen (secondary N) is 3. The predicted molar refractivity (Wildman–Crippen MR) is 149 cm³/mol. The molecule has 0 saturated carbocycles. The van der Waals surface area contributed by atoms with Crippen molar-refractivity contribution in [1.82, 2.24) is 16.0 Å². The van der Waals surface area contributed by atoms with Crippen LogP contribution in [0.15, 0.2) is 60.7 Å². The van der Waals surface area contributed by atoms with E-state index >= 15 is 0 Å². The summed E-state index contributed by atoms with van der Waals surface area (Å²) in [5.74, 6) is -5.18. The number of carboxylic acid groups (broad SMARTS) is 1. The van der Waals surface area contributed by atoms with Gasteiger partial charge in [-0.05, 0) is 30.4 Å². The molecule has 2 rings (SSSR count). The van der Waals surface area contributed by atoms with Gasteiger partial charge in [0.05, 0.1) is 6.04 Å². The van der Waals surface area contributed by atoms with Crippen LogP contribution in [0.5, 0.6) is 0 Å². The van der Waals surface area contributed by atoms with E-state index in [1.807, 2.05) is 6.07 Å². The number of nitrogens with two attached hydrogens (primary N) is 3. The van der Waals surface area contributed by atoms with Gasteiger partial charge in [0.15, 0.2) is 0 Å². The lowest BCUT2D eigenvalue weighted by Crippen LogP contribution is -2.57. The van der Waals surface area contributed by atoms with E-state index in [-0.39, 0.29) is 38.5 Å². The van der Waals surface area contributed by atoms with Gasteiger partial charge < -0.3 is 38.3 Å². The monoisotopic (exact) mass is 568 g/mol. The van der Waals surface area contributed by atoms with Crippen LogP contribution in [0.25, 0.3) is 0 Å². The minimum absolute atomic E-state index is 0.0327. The second-order valence-corrected chi connectivity index (χ2v) is 9.52. The maximum absolute atomic E-state index is 13.2. The highest BCUT2D eigenvalue weighted by Gasteiger charge is 2.31. The Balaban J connectivity index is 2.16. The smallest absolute Gasteiger partial charge is 0.326 e. The van der Waals surface area contributed by atoms with E-state index in [2.05, 4.69) is 16.0 Å². The van der Waals surface area contributed by atoms with Crippen molar-refractivity contribution in [3.8, 4) is 0 Å². The van der Waals surface area contributed by atoms with Gasteiger partial charge in [0.25, 0.3) is 0 Å². The first-order chi connectivity index (χ1) is 19.5. The topological polar surface area (TPSA) is 237 Å². The lowest BCUT2D eigenvalue weighted by atomic mass is 10.0.